The summed E-state index contributed by atoms with van der Waals surface area (Å²) in [5.74, 6) is 1.37. The van der Waals surface area contributed by atoms with Crippen molar-refractivity contribution >= 4 is 61.2 Å². The summed E-state index contributed by atoms with van der Waals surface area (Å²) in [4.78, 5) is 48.9. The number of amides is 5. The minimum Gasteiger partial charge on any atom is -0.397 e. The molecule has 4 aliphatic rings. The van der Waals surface area contributed by atoms with Crippen molar-refractivity contribution < 1.29 is 14.4 Å². The highest BCUT2D eigenvalue weighted by Crippen LogP contribution is 2.34. The number of nitrogens with one attached hydrogen (secondary N) is 2. The predicted octanol–water partition coefficient (Wildman–Crippen LogP) is 5.90. The molecule has 3 saturated heterocycles. The zero-order valence-electron chi connectivity index (χ0n) is 27.2. The van der Waals surface area contributed by atoms with Gasteiger partial charge in [0.25, 0.3) is 0 Å². The van der Waals surface area contributed by atoms with Crippen molar-refractivity contribution in [2.24, 2.45) is 11.8 Å². The second-order valence-corrected chi connectivity index (χ2v) is 15.3. The van der Waals surface area contributed by atoms with Crippen molar-refractivity contribution in [2.75, 3.05) is 56.9 Å². The molecule has 0 unspecified atom stereocenters. The molecule has 10 nitrogen and oxygen atoms in total. The molecule has 4 N–H and O–H groups in total. The number of nitrogens with two attached hydrogens (primary N) is 1. The Hall–Kier alpha value is -2.83. The molecule has 0 bridgehead atoms. The van der Waals surface area contributed by atoms with Crippen molar-refractivity contribution in [3.8, 4) is 0 Å². The Balaban J connectivity index is 1.08. The van der Waals surface area contributed by atoms with E-state index >= 15 is 0 Å². The summed E-state index contributed by atoms with van der Waals surface area (Å²) in [6, 6.07) is 10.8. The van der Waals surface area contributed by atoms with Crippen LogP contribution >= 0.6 is 31.9 Å². The number of rotatable bonds is 7. The maximum absolute atomic E-state index is 14.1. The van der Waals surface area contributed by atoms with E-state index < -0.39 is 6.04 Å². The van der Waals surface area contributed by atoms with Crippen LogP contribution in [0.1, 0.15) is 56.6 Å². The van der Waals surface area contributed by atoms with Crippen molar-refractivity contribution in [3.63, 3.8) is 0 Å². The summed E-state index contributed by atoms with van der Waals surface area (Å²) in [5, 5.41) is 6.13. The third kappa shape index (κ3) is 7.91. The van der Waals surface area contributed by atoms with Crippen LogP contribution in [0.3, 0.4) is 0 Å². The standard InChI is InChI=1S/C35H47Br2N7O3/c1-2-41-13-7-24(8-14-41)25-9-15-42(16-10-25)33(45)31(21-23-19-28(36)32(38)29(37)20-23)40-34(46)43-17-11-27(12-18-43)44-22-26-5-3-4-6-30(26)39-35(44)47/h3-6,19-20,24-25,27,31H,2,7-18,21-22,38H2,1H3,(H,39,47)(H,40,46)/t31-/m1/s1. The number of hydrogen-bond acceptors (Lipinski definition) is 5. The normalized spacial score (nSPS) is 20.9. The highest BCUT2D eigenvalue weighted by atomic mass is 79.9. The summed E-state index contributed by atoms with van der Waals surface area (Å²) in [6.07, 6.45) is 6.26. The highest BCUT2D eigenvalue weighted by molar-refractivity contribution is 9.11. The van der Waals surface area contributed by atoms with Gasteiger partial charge in [0.15, 0.2) is 0 Å². The second kappa shape index (κ2) is 15.2. The molecule has 1 atom stereocenters. The lowest BCUT2D eigenvalue weighted by molar-refractivity contribution is -0.135. The van der Waals surface area contributed by atoms with Gasteiger partial charge in [-0.1, -0.05) is 25.1 Å². The number of carbonyl (C=O) groups excluding carboxylic acids is 3. The maximum Gasteiger partial charge on any atom is 0.322 e. The van der Waals surface area contributed by atoms with E-state index in [9.17, 15) is 14.4 Å². The Morgan fingerprint density at radius 2 is 1.51 bits per heavy atom. The maximum atomic E-state index is 14.1. The fraction of sp³-hybridized carbons (Fsp3) is 0.571. The summed E-state index contributed by atoms with van der Waals surface area (Å²) < 4.78 is 1.50. The lowest BCUT2D eigenvalue weighted by Gasteiger charge is -2.41. The van der Waals surface area contributed by atoms with Crippen LogP contribution in [-0.4, -0.2) is 95.5 Å². The van der Waals surface area contributed by atoms with Gasteiger partial charge in [0.05, 0.1) is 5.69 Å². The third-order valence-corrected chi connectivity index (χ3v) is 12.1. The van der Waals surface area contributed by atoms with Gasteiger partial charge in [0.1, 0.15) is 6.04 Å². The van der Waals surface area contributed by atoms with Crippen LogP contribution in [0.4, 0.5) is 21.0 Å². The van der Waals surface area contributed by atoms with Crippen molar-refractivity contribution in [3.05, 3.63) is 56.5 Å². The number of halogens is 2. The van der Waals surface area contributed by atoms with E-state index in [1.165, 1.54) is 25.9 Å². The second-order valence-electron chi connectivity index (χ2n) is 13.5. The topological polar surface area (TPSA) is 114 Å². The van der Waals surface area contributed by atoms with Crippen LogP contribution in [-0.2, 0) is 17.8 Å². The fourth-order valence-electron chi connectivity index (χ4n) is 7.88. The molecule has 5 amide bonds. The minimum absolute atomic E-state index is 0.0276. The number of piperidine rings is 3. The van der Waals surface area contributed by atoms with Crippen LogP contribution in [0, 0.1) is 11.8 Å². The molecule has 0 spiro atoms. The monoisotopic (exact) mass is 771 g/mol. The number of nitrogen functional groups attached to an aromatic ring is 1. The van der Waals surface area contributed by atoms with Crippen molar-refractivity contribution in [2.45, 2.75) is 70.5 Å². The van der Waals surface area contributed by atoms with Crippen LogP contribution in [0.15, 0.2) is 45.3 Å². The first-order valence-electron chi connectivity index (χ1n) is 17.2. The smallest absolute Gasteiger partial charge is 0.322 e. The van der Waals surface area contributed by atoms with E-state index in [1.54, 1.807) is 4.90 Å². The van der Waals surface area contributed by atoms with Gasteiger partial charge >= 0.3 is 12.1 Å². The van der Waals surface area contributed by atoms with E-state index in [-0.39, 0.29) is 24.0 Å². The van der Waals surface area contributed by atoms with E-state index in [2.05, 4.69) is 54.3 Å². The summed E-state index contributed by atoms with van der Waals surface area (Å²) in [6.45, 7) is 8.77. The van der Waals surface area contributed by atoms with E-state index in [0.717, 1.165) is 64.2 Å². The Morgan fingerprint density at radius 3 is 2.15 bits per heavy atom. The molecule has 0 aromatic heterocycles. The van der Waals surface area contributed by atoms with E-state index in [4.69, 9.17) is 5.73 Å². The van der Waals surface area contributed by atoms with Gasteiger partial charge < -0.3 is 36.0 Å². The number of urea groups is 2. The number of hydrogen-bond donors (Lipinski definition) is 3. The summed E-state index contributed by atoms with van der Waals surface area (Å²) >= 11 is 7.07. The van der Waals surface area contributed by atoms with Crippen molar-refractivity contribution in [1.29, 1.82) is 0 Å². The molecular formula is C35H47Br2N7O3. The Labute approximate surface area is 295 Å². The average Bonchev–Trinajstić information content (AvgIpc) is 3.10. The molecule has 0 aliphatic carbocycles. The van der Waals surface area contributed by atoms with Gasteiger partial charge in [0.2, 0.25) is 5.91 Å². The predicted molar refractivity (Wildman–Crippen MR) is 192 cm³/mol. The Morgan fingerprint density at radius 1 is 0.915 bits per heavy atom. The zero-order valence-corrected chi connectivity index (χ0v) is 30.4. The van der Waals surface area contributed by atoms with Crippen LogP contribution in [0.5, 0.6) is 0 Å². The molecule has 254 valence electrons. The number of likely N-dealkylation sites (tertiary alicyclic amines) is 3. The number of nitrogens with zero attached hydrogens (tertiary/aromatic N) is 4. The molecule has 6 rings (SSSR count). The molecule has 0 saturated carbocycles. The molecule has 3 fully saturated rings. The molecule has 4 heterocycles. The number of fused-ring (bicyclic) bond motifs is 1. The number of para-hydroxylation sites is 1. The summed E-state index contributed by atoms with van der Waals surface area (Å²) in [7, 11) is 0. The van der Waals surface area contributed by atoms with Crippen LogP contribution in [0.2, 0.25) is 0 Å². The molecular weight excluding hydrogens is 726 g/mol. The first kappa shape index (κ1) is 34.0. The molecule has 47 heavy (non-hydrogen) atoms. The summed E-state index contributed by atoms with van der Waals surface area (Å²) in [5.41, 5.74) is 9.61. The average molecular weight is 774 g/mol. The highest BCUT2D eigenvalue weighted by Gasteiger charge is 2.36. The van der Waals surface area contributed by atoms with Crippen LogP contribution < -0.4 is 16.4 Å². The van der Waals surface area contributed by atoms with Gasteiger partial charge in [-0.05, 0) is 131 Å². The number of benzene rings is 2. The molecule has 4 aliphatic heterocycles. The van der Waals surface area contributed by atoms with Gasteiger partial charge in [0, 0.05) is 59.8 Å². The van der Waals surface area contributed by atoms with Crippen molar-refractivity contribution in [1.82, 2.24) is 24.9 Å². The Bertz CT molecular complexity index is 1430. The third-order valence-electron chi connectivity index (χ3n) is 10.8. The lowest BCUT2D eigenvalue weighted by atomic mass is 9.78. The fourth-order valence-corrected chi connectivity index (χ4v) is 9.16. The molecule has 0 radical (unpaired) electrons. The van der Waals surface area contributed by atoms with Gasteiger partial charge in [-0.3, -0.25) is 4.79 Å². The minimum atomic E-state index is -0.698. The van der Waals surface area contributed by atoms with E-state index in [0.29, 0.717) is 50.5 Å². The number of carbonyl (C=O) groups is 3. The van der Waals surface area contributed by atoms with Gasteiger partial charge in [-0.15, -0.1) is 0 Å². The first-order chi connectivity index (χ1) is 22.7. The Kier molecular flexibility index (Phi) is 11.0. The molecule has 12 heteroatoms. The lowest BCUT2D eigenvalue weighted by Crippen LogP contribution is -2.57. The molecule has 2 aromatic rings. The van der Waals surface area contributed by atoms with Gasteiger partial charge in [-0.25, -0.2) is 9.59 Å². The number of anilines is 2. The molecule has 2 aromatic carbocycles. The largest absolute Gasteiger partial charge is 0.397 e. The first-order valence-corrected chi connectivity index (χ1v) is 18.7. The van der Waals surface area contributed by atoms with Gasteiger partial charge in [-0.2, -0.15) is 0 Å². The quantitative estimate of drug-likeness (QED) is 0.304. The SMILES string of the molecule is CCN1CCC(C2CCN(C(=O)[C@@H](Cc3cc(Br)c(N)c(Br)c3)NC(=O)N3CCC(N4Cc5ccccc5NC4=O)CC3)CC2)CC1. The van der Waals surface area contributed by atoms with Crippen LogP contribution in [0.25, 0.3) is 0 Å². The van der Waals surface area contributed by atoms with E-state index in [1.807, 2.05) is 46.2 Å². The zero-order chi connectivity index (χ0) is 33.1.